The molecule has 1 aliphatic heterocycles. The van der Waals surface area contributed by atoms with Crippen LogP contribution in [0.1, 0.15) is 28.9 Å². The fraction of sp³-hybridized carbons (Fsp3) is 0.412. The predicted molar refractivity (Wildman–Crippen MR) is 87.9 cm³/mol. The van der Waals surface area contributed by atoms with E-state index in [0.29, 0.717) is 19.6 Å². The molecule has 8 heteroatoms. The first-order chi connectivity index (χ1) is 12.1. The van der Waals surface area contributed by atoms with Crippen LogP contribution in [-0.4, -0.2) is 50.2 Å². The number of aromatic carboxylic acids is 1. The first kappa shape index (κ1) is 16.9. The van der Waals surface area contributed by atoms with Crippen LogP contribution in [0, 0.1) is 5.92 Å². The van der Waals surface area contributed by atoms with Gasteiger partial charge in [-0.05, 0) is 24.3 Å². The summed E-state index contributed by atoms with van der Waals surface area (Å²) < 4.78 is 6.90. The van der Waals surface area contributed by atoms with Crippen molar-refractivity contribution in [2.24, 2.45) is 5.92 Å². The van der Waals surface area contributed by atoms with Crippen molar-refractivity contribution < 1.29 is 19.4 Å². The van der Waals surface area contributed by atoms with E-state index in [9.17, 15) is 9.59 Å². The number of likely N-dealkylation sites (tertiary alicyclic amines) is 1. The van der Waals surface area contributed by atoms with E-state index in [4.69, 9.17) is 9.84 Å². The molecule has 1 aliphatic rings. The number of carboxylic acid groups (broad SMARTS) is 1. The van der Waals surface area contributed by atoms with Gasteiger partial charge in [-0.2, -0.15) is 0 Å². The van der Waals surface area contributed by atoms with E-state index in [1.165, 1.54) is 10.9 Å². The lowest BCUT2D eigenvalue weighted by molar-refractivity contribution is 0.0690. The van der Waals surface area contributed by atoms with Gasteiger partial charge in [-0.25, -0.2) is 9.59 Å². The highest BCUT2D eigenvalue weighted by atomic mass is 16.6. The number of nitrogens with zero attached hydrogens (tertiary/aromatic N) is 4. The van der Waals surface area contributed by atoms with Crippen LogP contribution in [0.4, 0.5) is 4.79 Å². The Morgan fingerprint density at radius 1 is 1.28 bits per heavy atom. The number of carbonyl (C=O) groups is 2. The fourth-order valence-corrected chi connectivity index (χ4v) is 2.94. The Hall–Kier alpha value is -2.90. The lowest BCUT2D eigenvalue weighted by Crippen LogP contribution is -2.41. The highest BCUT2D eigenvalue weighted by Crippen LogP contribution is 2.19. The molecular formula is C17H20N4O4. The molecule has 1 amide bonds. The summed E-state index contributed by atoms with van der Waals surface area (Å²) >= 11 is 0. The van der Waals surface area contributed by atoms with Crippen LogP contribution >= 0.6 is 0 Å². The Morgan fingerprint density at radius 3 is 2.80 bits per heavy atom. The van der Waals surface area contributed by atoms with Gasteiger partial charge in [0.1, 0.15) is 6.61 Å². The first-order valence-corrected chi connectivity index (χ1v) is 8.21. The summed E-state index contributed by atoms with van der Waals surface area (Å²) in [4.78, 5) is 24.8. The Kier molecular flexibility index (Phi) is 5.27. The highest BCUT2D eigenvalue weighted by Gasteiger charge is 2.25. The van der Waals surface area contributed by atoms with Gasteiger partial charge in [-0.3, -0.25) is 4.68 Å². The molecule has 1 aromatic carbocycles. The molecule has 1 atom stereocenters. The second-order valence-electron chi connectivity index (χ2n) is 6.13. The molecule has 0 unspecified atom stereocenters. The lowest BCUT2D eigenvalue weighted by Gasteiger charge is -2.31. The zero-order valence-corrected chi connectivity index (χ0v) is 13.7. The van der Waals surface area contributed by atoms with Crippen molar-refractivity contribution in [3.63, 3.8) is 0 Å². The van der Waals surface area contributed by atoms with Crippen molar-refractivity contribution in [2.75, 3.05) is 13.1 Å². The van der Waals surface area contributed by atoms with Gasteiger partial charge in [0.05, 0.1) is 6.20 Å². The molecule has 0 spiro atoms. The highest BCUT2D eigenvalue weighted by molar-refractivity contribution is 5.84. The number of piperidine rings is 1. The fourth-order valence-electron chi connectivity index (χ4n) is 2.94. The number of hydrogen-bond donors (Lipinski definition) is 1. The molecule has 1 fully saturated rings. The molecule has 2 heterocycles. The smallest absolute Gasteiger partial charge is 0.410 e. The SMILES string of the molecule is O=C(O)c1cn(C[C@@H]2CCCN(C(=O)OCc3ccccc3)C2)nn1. The molecule has 0 radical (unpaired) electrons. The van der Waals surface area contributed by atoms with Gasteiger partial charge in [0.15, 0.2) is 5.69 Å². The Bertz CT molecular complexity index is 731. The van der Waals surface area contributed by atoms with E-state index in [2.05, 4.69) is 10.3 Å². The van der Waals surface area contributed by atoms with E-state index in [1.807, 2.05) is 30.3 Å². The number of benzene rings is 1. The monoisotopic (exact) mass is 344 g/mol. The molecule has 1 saturated heterocycles. The summed E-state index contributed by atoms with van der Waals surface area (Å²) in [6.45, 7) is 2.02. The largest absolute Gasteiger partial charge is 0.476 e. The number of ether oxygens (including phenoxy) is 1. The van der Waals surface area contributed by atoms with Crippen molar-refractivity contribution >= 4 is 12.1 Å². The number of hydrogen-bond acceptors (Lipinski definition) is 5. The van der Waals surface area contributed by atoms with Crippen molar-refractivity contribution in [3.8, 4) is 0 Å². The van der Waals surface area contributed by atoms with Crippen LogP contribution in [0.3, 0.4) is 0 Å². The van der Waals surface area contributed by atoms with E-state index >= 15 is 0 Å². The summed E-state index contributed by atoms with van der Waals surface area (Å²) in [6.07, 6.45) is 2.92. The van der Waals surface area contributed by atoms with Crippen molar-refractivity contribution in [3.05, 3.63) is 47.8 Å². The second kappa shape index (κ2) is 7.78. The van der Waals surface area contributed by atoms with Crippen LogP contribution < -0.4 is 0 Å². The first-order valence-electron chi connectivity index (χ1n) is 8.21. The van der Waals surface area contributed by atoms with Gasteiger partial charge in [-0.15, -0.1) is 5.10 Å². The molecule has 0 aliphatic carbocycles. The summed E-state index contributed by atoms with van der Waals surface area (Å²) in [5, 5.41) is 16.3. The van der Waals surface area contributed by atoms with E-state index in [1.54, 1.807) is 4.90 Å². The molecule has 1 aromatic heterocycles. The van der Waals surface area contributed by atoms with E-state index in [0.717, 1.165) is 18.4 Å². The third kappa shape index (κ3) is 4.56. The molecule has 25 heavy (non-hydrogen) atoms. The second-order valence-corrected chi connectivity index (χ2v) is 6.13. The average Bonchev–Trinajstić information content (AvgIpc) is 3.09. The number of carboxylic acids is 1. The third-order valence-corrected chi connectivity index (χ3v) is 4.19. The van der Waals surface area contributed by atoms with Gasteiger partial charge >= 0.3 is 12.1 Å². The number of aromatic nitrogens is 3. The maximum atomic E-state index is 12.3. The number of carbonyl (C=O) groups excluding carboxylic acids is 1. The standard InChI is InChI=1S/C17H20N4O4/c22-16(23)15-11-21(19-18-15)10-14-7-4-8-20(9-14)17(24)25-12-13-5-2-1-3-6-13/h1-3,5-6,11,14H,4,7-10,12H2,(H,22,23)/t14-/m1/s1. The summed E-state index contributed by atoms with van der Waals surface area (Å²) in [6, 6.07) is 9.56. The van der Waals surface area contributed by atoms with Crippen LogP contribution in [-0.2, 0) is 17.9 Å². The van der Waals surface area contributed by atoms with Crippen LogP contribution in [0.2, 0.25) is 0 Å². The third-order valence-electron chi connectivity index (χ3n) is 4.19. The lowest BCUT2D eigenvalue weighted by atomic mass is 9.98. The zero-order chi connectivity index (χ0) is 17.6. The molecule has 8 nitrogen and oxygen atoms in total. The van der Waals surface area contributed by atoms with Crippen LogP contribution in [0.5, 0.6) is 0 Å². The zero-order valence-electron chi connectivity index (χ0n) is 13.7. The maximum Gasteiger partial charge on any atom is 0.410 e. The topological polar surface area (TPSA) is 97.5 Å². The summed E-state index contributed by atoms with van der Waals surface area (Å²) in [5.74, 6) is -0.901. The molecule has 0 saturated carbocycles. The molecule has 0 bridgehead atoms. The average molecular weight is 344 g/mol. The van der Waals surface area contributed by atoms with Crippen molar-refractivity contribution in [1.29, 1.82) is 0 Å². The summed E-state index contributed by atoms with van der Waals surface area (Å²) in [7, 11) is 0. The molecule has 1 N–H and O–H groups in total. The Labute approximate surface area is 145 Å². The van der Waals surface area contributed by atoms with Crippen LogP contribution in [0.25, 0.3) is 0 Å². The van der Waals surface area contributed by atoms with Crippen molar-refractivity contribution in [1.82, 2.24) is 19.9 Å². The van der Waals surface area contributed by atoms with Gasteiger partial charge < -0.3 is 14.7 Å². The minimum atomic E-state index is -1.10. The normalized spacial score (nSPS) is 17.3. The Morgan fingerprint density at radius 2 is 2.08 bits per heavy atom. The van der Waals surface area contributed by atoms with Gasteiger partial charge in [0.25, 0.3) is 0 Å². The Balaban J connectivity index is 1.51. The van der Waals surface area contributed by atoms with Crippen LogP contribution in [0.15, 0.2) is 36.5 Å². The van der Waals surface area contributed by atoms with Gasteiger partial charge in [-0.1, -0.05) is 35.5 Å². The predicted octanol–water partition coefficient (Wildman–Crippen LogP) is 2.03. The number of amides is 1. The van der Waals surface area contributed by atoms with E-state index < -0.39 is 5.97 Å². The number of rotatable bonds is 5. The maximum absolute atomic E-state index is 12.3. The van der Waals surface area contributed by atoms with E-state index in [-0.39, 0.29) is 24.3 Å². The minimum absolute atomic E-state index is 0.0741. The molecule has 132 valence electrons. The molecule has 2 aromatic rings. The summed E-state index contributed by atoms with van der Waals surface area (Å²) in [5.41, 5.74) is 0.878. The van der Waals surface area contributed by atoms with Crippen molar-refractivity contribution in [2.45, 2.75) is 26.0 Å². The van der Waals surface area contributed by atoms with Gasteiger partial charge in [0.2, 0.25) is 0 Å². The van der Waals surface area contributed by atoms with Gasteiger partial charge in [0, 0.05) is 19.6 Å². The molecular weight excluding hydrogens is 324 g/mol. The quantitative estimate of drug-likeness (QED) is 0.891. The minimum Gasteiger partial charge on any atom is -0.476 e. The molecule has 3 rings (SSSR count).